The van der Waals surface area contributed by atoms with Crippen LogP contribution in [0.3, 0.4) is 0 Å². The molecule has 1 aromatic rings. The van der Waals surface area contributed by atoms with Crippen molar-refractivity contribution in [2.24, 2.45) is 0 Å². The highest BCUT2D eigenvalue weighted by Crippen LogP contribution is 2.21. The molecular formula is C10H13FN2O. The van der Waals surface area contributed by atoms with Crippen LogP contribution in [0, 0.1) is 5.82 Å². The molecule has 3 nitrogen and oxygen atoms in total. The number of aromatic nitrogens is 1. The van der Waals surface area contributed by atoms with Crippen molar-refractivity contribution in [3.8, 4) is 0 Å². The summed E-state index contributed by atoms with van der Waals surface area (Å²) in [5.74, 6) is -0.315. The summed E-state index contributed by atoms with van der Waals surface area (Å²) in [6.07, 6.45) is 1.16. The maximum absolute atomic E-state index is 12.6. The molecule has 14 heavy (non-hydrogen) atoms. The van der Waals surface area contributed by atoms with Gasteiger partial charge in [-0.2, -0.15) is 0 Å². The van der Waals surface area contributed by atoms with E-state index in [0.29, 0.717) is 6.61 Å². The van der Waals surface area contributed by atoms with Crippen LogP contribution in [0.15, 0.2) is 18.3 Å². The lowest BCUT2D eigenvalue weighted by Gasteiger charge is -2.29. The first kappa shape index (κ1) is 9.55. The van der Waals surface area contributed by atoms with Gasteiger partial charge in [0, 0.05) is 12.6 Å². The first-order chi connectivity index (χ1) is 6.77. The van der Waals surface area contributed by atoms with Gasteiger partial charge in [0.1, 0.15) is 11.9 Å². The van der Waals surface area contributed by atoms with E-state index in [1.165, 1.54) is 12.3 Å². The lowest BCUT2D eigenvalue weighted by molar-refractivity contribution is -0.00287. The highest BCUT2D eigenvalue weighted by Gasteiger charge is 2.24. The minimum atomic E-state index is -0.315. The molecule has 76 valence electrons. The van der Waals surface area contributed by atoms with Crippen LogP contribution in [0.1, 0.15) is 18.7 Å². The highest BCUT2D eigenvalue weighted by atomic mass is 19.1. The average molecular weight is 196 g/mol. The maximum Gasteiger partial charge on any atom is 0.141 e. The van der Waals surface area contributed by atoms with Gasteiger partial charge in [0.2, 0.25) is 0 Å². The van der Waals surface area contributed by atoms with Gasteiger partial charge in [-0.05, 0) is 19.1 Å². The molecule has 0 spiro atoms. The summed E-state index contributed by atoms with van der Waals surface area (Å²) < 4.78 is 18.2. The lowest BCUT2D eigenvalue weighted by atomic mass is 10.1. The lowest BCUT2D eigenvalue weighted by Crippen LogP contribution is -2.41. The quantitative estimate of drug-likeness (QED) is 0.734. The second-order valence-electron chi connectivity index (χ2n) is 3.44. The van der Waals surface area contributed by atoms with Crippen LogP contribution in [0.2, 0.25) is 0 Å². The highest BCUT2D eigenvalue weighted by molar-refractivity contribution is 5.10. The molecule has 1 aliphatic heterocycles. The number of morpholine rings is 1. The maximum atomic E-state index is 12.6. The molecule has 1 aromatic heterocycles. The summed E-state index contributed by atoms with van der Waals surface area (Å²) in [6.45, 7) is 3.57. The van der Waals surface area contributed by atoms with Gasteiger partial charge in [-0.15, -0.1) is 0 Å². The molecule has 2 atom stereocenters. The zero-order valence-corrected chi connectivity index (χ0v) is 8.03. The van der Waals surface area contributed by atoms with Crippen LogP contribution in [0.5, 0.6) is 0 Å². The first-order valence-electron chi connectivity index (χ1n) is 4.74. The number of nitrogens with zero attached hydrogens (tertiary/aromatic N) is 1. The van der Waals surface area contributed by atoms with Crippen molar-refractivity contribution in [2.75, 3.05) is 13.2 Å². The van der Waals surface area contributed by atoms with Gasteiger partial charge in [0.15, 0.2) is 0 Å². The number of hydrogen-bond donors (Lipinski definition) is 1. The Morgan fingerprint density at radius 3 is 3.07 bits per heavy atom. The second kappa shape index (κ2) is 4.02. The molecule has 0 radical (unpaired) electrons. The third-order valence-electron chi connectivity index (χ3n) is 2.36. The number of hydrogen-bond acceptors (Lipinski definition) is 3. The Labute approximate surface area is 82.3 Å². The third-order valence-corrected chi connectivity index (χ3v) is 2.36. The van der Waals surface area contributed by atoms with Gasteiger partial charge in [-0.25, -0.2) is 4.39 Å². The third kappa shape index (κ3) is 1.91. The number of ether oxygens (including phenoxy) is 1. The summed E-state index contributed by atoms with van der Waals surface area (Å²) in [6, 6.07) is 3.30. The number of pyridine rings is 1. The molecule has 2 unspecified atom stereocenters. The van der Waals surface area contributed by atoms with Gasteiger partial charge in [-0.1, -0.05) is 0 Å². The van der Waals surface area contributed by atoms with Crippen molar-refractivity contribution >= 4 is 0 Å². The van der Waals surface area contributed by atoms with Crippen LogP contribution in [0.4, 0.5) is 4.39 Å². The van der Waals surface area contributed by atoms with Crippen LogP contribution in [0.25, 0.3) is 0 Å². The molecule has 0 saturated carbocycles. The molecule has 2 heterocycles. The van der Waals surface area contributed by atoms with Gasteiger partial charge in [0.25, 0.3) is 0 Å². The van der Waals surface area contributed by atoms with Crippen molar-refractivity contribution in [1.82, 2.24) is 10.3 Å². The number of halogens is 1. The van der Waals surface area contributed by atoms with Crippen molar-refractivity contribution < 1.29 is 9.13 Å². The molecule has 1 fully saturated rings. The Bertz CT molecular complexity index is 301. The van der Waals surface area contributed by atoms with E-state index in [0.717, 1.165) is 12.2 Å². The standard InChI is InChI=1S/C10H13FN2O/c1-7-10(14-5-4-12-7)9-3-2-8(11)6-13-9/h2-3,6-7,10,12H,4-5H2,1H3. The predicted octanol–water partition coefficient (Wildman–Crippen LogP) is 1.27. The van der Waals surface area contributed by atoms with Gasteiger partial charge >= 0.3 is 0 Å². The van der Waals surface area contributed by atoms with Crippen molar-refractivity contribution in [2.45, 2.75) is 19.1 Å². The van der Waals surface area contributed by atoms with Crippen LogP contribution < -0.4 is 5.32 Å². The van der Waals surface area contributed by atoms with E-state index in [1.807, 2.05) is 6.92 Å². The second-order valence-corrected chi connectivity index (χ2v) is 3.44. The fraction of sp³-hybridized carbons (Fsp3) is 0.500. The van der Waals surface area contributed by atoms with Crippen molar-refractivity contribution in [1.29, 1.82) is 0 Å². The molecular weight excluding hydrogens is 183 g/mol. The minimum absolute atomic E-state index is 0.0654. The summed E-state index contributed by atoms with van der Waals surface area (Å²) >= 11 is 0. The Morgan fingerprint density at radius 2 is 2.43 bits per heavy atom. The van der Waals surface area contributed by atoms with E-state index in [2.05, 4.69) is 10.3 Å². The smallest absolute Gasteiger partial charge is 0.141 e. The SMILES string of the molecule is CC1NCCOC1c1ccc(F)cn1. The molecule has 0 amide bonds. The van der Waals surface area contributed by atoms with E-state index < -0.39 is 0 Å². The number of rotatable bonds is 1. The van der Waals surface area contributed by atoms with Gasteiger partial charge in [0.05, 0.1) is 18.5 Å². The molecule has 0 aliphatic carbocycles. The Hall–Kier alpha value is -1.00. The summed E-state index contributed by atoms with van der Waals surface area (Å²) in [7, 11) is 0. The first-order valence-corrected chi connectivity index (χ1v) is 4.74. The van der Waals surface area contributed by atoms with Gasteiger partial charge < -0.3 is 10.1 Å². The number of nitrogens with one attached hydrogen (secondary N) is 1. The topological polar surface area (TPSA) is 34.1 Å². The molecule has 0 aromatic carbocycles. The summed E-state index contributed by atoms with van der Waals surface area (Å²) in [4.78, 5) is 4.01. The molecule has 2 rings (SSSR count). The van der Waals surface area contributed by atoms with E-state index in [9.17, 15) is 4.39 Å². The Kier molecular flexibility index (Phi) is 2.74. The fourth-order valence-electron chi connectivity index (χ4n) is 1.62. The van der Waals surface area contributed by atoms with E-state index in [-0.39, 0.29) is 18.0 Å². The largest absolute Gasteiger partial charge is 0.369 e. The summed E-state index contributed by atoms with van der Waals surface area (Å²) in [5.41, 5.74) is 0.783. The van der Waals surface area contributed by atoms with Crippen LogP contribution in [-0.4, -0.2) is 24.2 Å². The monoisotopic (exact) mass is 196 g/mol. The zero-order valence-electron chi connectivity index (χ0n) is 8.03. The molecule has 4 heteroatoms. The van der Waals surface area contributed by atoms with E-state index in [4.69, 9.17) is 4.74 Å². The zero-order chi connectivity index (χ0) is 9.97. The summed E-state index contributed by atoms with van der Waals surface area (Å²) in [5, 5.41) is 3.29. The molecule has 1 aliphatic rings. The van der Waals surface area contributed by atoms with Gasteiger partial charge in [-0.3, -0.25) is 4.98 Å². The van der Waals surface area contributed by atoms with E-state index in [1.54, 1.807) is 6.07 Å². The predicted molar refractivity (Wildman–Crippen MR) is 50.4 cm³/mol. The minimum Gasteiger partial charge on any atom is -0.369 e. The van der Waals surface area contributed by atoms with Crippen molar-refractivity contribution in [3.05, 3.63) is 29.8 Å². The van der Waals surface area contributed by atoms with Crippen LogP contribution in [-0.2, 0) is 4.74 Å². The molecule has 0 bridgehead atoms. The Balaban J connectivity index is 2.16. The fourth-order valence-corrected chi connectivity index (χ4v) is 1.62. The Morgan fingerprint density at radius 1 is 1.57 bits per heavy atom. The van der Waals surface area contributed by atoms with E-state index >= 15 is 0 Å². The van der Waals surface area contributed by atoms with Crippen molar-refractivity contribution in [3.63, 3.8) is 0 Å². The average Bonchev–Trinajstić information content (AvgIpc) is 2.20. The van der Waals surface area contributed by atoms with Crippen LogP contribution >= 0.6 is 0 Å². The molecule has 1 saturated heterocycles. The normalized spacial score (nSPS) is 27.6. The molecule has 1 N–H and O–H groups in total.